The van der Waals surface area contributed by atoms with Gasteiger partial charge in [0.2, 0.25) is 0 Å². The lowest BCUT2D eigenvalue weighted by atomic mass is 10.00. The van der Waals surface area contributed by atoms with Crippen LogP contribution in [0.25, 0.3) is 0 Å². The summed E-state index contributed by atoms with van der Waals surface area (Å²) in [6.45, 7) is 0. The summed E-state index contributed by atoms with van der Waals surface area (Å²) in [4.78, 5) is 24.2. The van der Waals surface area contributed by atoms with Crippen molar-refractivity contribution >= 4 is 23.4 Å². The van der Waals surface area contributed by atoms with E-state index >= 15 is 0 Å². The normalized spacial score (nSPS) is 10.2. The van der Waals surface area contributed by atoms with Crippen LogP contribution in [0.1, 0.15) is 21.5 Å². The Bertz CT molecular complexity index is 785. The standard InChI is InChI=1S/C19H19ClO5/c1-23-17-6-4-12(19(22)25-3)8-13(17)10-16(21)11-14-9-15(20)5-7-18(14)24-2/h4-9H,10-11H2,1-3H3. The molecule has 0 aliphatic carbocycles. The zero-order valence-electron chi connectivity index (χ0n) is 14.3. The molecule has 0 aromatic heterocycles. The number of ether oxygens (including phenoxy) is 3. The Labute approximate surface area is 151 Å². The van der Waals surface area contributed by atoms with Gasteiger partial charge in [0.15, 0.2) is 0 Å². The number of ketones is 1. The number of halogens is 1. The van der Waals surface area contributed by atoms with Gasteiger partial charge in [0.1, 0.15) is 17.3 Å². The quantitative estimate of drug-likeness (QED) is 0.705. The minimum atomic E-state index is -0.465. The third-order valence-corrected chi connectivity index (χ3v) is 3.95. The van der Waals surface area contributed by atoms with Crippen LogP contribution < -0.4 is 9.47 Å². The van der Waals surface area contributed by atoms with Gasteiger partial charge >= 0.3 is 5.97 Å². The molecule has 25 heavy (non-hydrogen) atoms. The summed E-state index contributed by atoms with van der Waals surface area (Å²) in [5.74, 6) is 0.626. The van der Waals surface area contributed by atoms with Crippen LogP contribution in [0.5, 0.6) is 11.5 Å². The monoisotopic (exact) mass is 362 g/mol. The molecule has 0 saturated carbocycles. The summed E-state index contributed by atoms with van der Waals surface area (Å²) < 4.78 is 15.3. The molecule has 132 valence electrons. The molecule has 0 aliphatic rings. The Morgan fingerprint density at radius 1 is 0.880 bits per heavy atom. The lowest BCUT2D eigenvalue weighted by molar-refractivity contribution is -0.117. The van der Waals surface area contributed by atoms with Crippen molar-refractivity contribution < 1.29 is 23.8 Å². The van der Waals surface area contributed by atoms with Crippen LogP contribution in [0.2, 0.25) is 5.02 Å². The average molecular weight is 363 g/mol. The van der Waals surface area contributed by atoms with E-state index in [1.54, 1.807) is 43.5 Å². The average Bonchev–Trinajstić information content (AvgIpc) is 2.61. The zero-order chi connectivity index (χ0) is 18.4. The summed E-state index contributed by atoms with van der Waals surface area (Å²) >= 11 is 6.00. The van der Waals surface area contributed by atoms with Crippen LogP contribution in [0.3, 0.4) is 0 Å². The topological polar surface area (TPSA) is 61.8 Å². The molecule has 0 amide bonds. The number of hydrogen-bond donors (Lipinski definition) is 0. The third kappa shape index (κ3) is 4.73. The largest absolute Gasteiger partial charge is 0.496 e. The van der Waals surface area contributed by atoms with E-state index in [2.05, 4.69) is 0 Å². The zero-order valence-corrected chi connectivity index (χ0v) is 15.1. The van der Waals surface area contributed by atoms with Gasteiger partial charge in [0.25, 0.3) is 0 Å². The van der Waals surface area contributed by atoms with Gasteiger partial charge in [0.05, 0.1) is 26.9 Å². The van der Waals surface area contributed by atoms with E-state index in [1.807, 2.05) is 0 Å². The molecule has 0 radical (unpaired) electrons. The molecule has 2 rings (SSSR count). The second-order valence-electron chi connectivity index (χ2n) is 5.37. The molecular weight excluding hydrogens is 344 g/mol. The highest BCUT2D eigenvalue weighted by molar-refractivity contribution is 6.30. The lowest BCUT2D eigenvalue weighted by Crippen LogP contribution is -2.10. The first kappa shape index (κ1) is 18.8. The molecule has 0 fully saturated rings. The minimum absolute atomic E-state index is 0.0547. The van der Waals surface area contributed by atoms with Crippen molar-refractivity contribution in [1.29, 1.82) is 0 Å². The Morgan fingerprint density at radius 3 is 2.00 bits per heavy atom. The summed E-state index contributed by atoms with van der Waals surface area (Å²) in [5.41, 5.74) is 1.70. The predicted molar refractivity (Wildman–Crippen MR) is 94.8 cm³/mol. The van der Waals surface area contributed by atoms with Crippen LogP contribution in [-0.4, -0.2) is 33.1 Å². The van der Waals surface area contributed by atoms with Gasteiger partial charge in [-0.1, -0.05) is 11.6 Å². The highest BCUT2D eigenvalue weighted by Crippen LogP contribution is 2.25. The van der Waals surface area contributed by atoms with Crippen molar-refractivity contribution in [2.24, 2.45) is 0 Å². The fourth-order valence-electron chi connectivity index (χ4n) is 2.53. The highest BCUT2D eigenvalue weighted by Gasteiger charge is 2.15. The highest BCUT2D eigenvalue weighted by atomic mass is 35.5. The number of esters is 1. The second kappa shape index (κ2) is 8.53. The SMILES string of the molecule is COC(=O)c1ccc(OC)c(CC(=O)Cc2cc(Cl)ccc2OC)c1. The Kier molecular flexibility index (Phi) is 6.42. The molecular formula is C19H19ClO5. The van der Waals surface area contributed by atoms with Crippen molar-refractivity contribution in [3.05, 3.63) is 58.1 Å². The second-order valence-corrected chi connectivity index (χ2v) is 5.80. The first-order chi connectivity index (χ1) is 12.0. The molecule has 0 N–H and O–H groups in total. The fourth-order valence-corrected chi connectivity index (χ4v) is 2.73. The molecule has 2 aromatic rings. The molecule has 5 nitrogen and oxygen atoms in total. The van der Waals surface area contributed by atoms with E-state index in [9.17, 15) is 9.59 Å². The van der Waals surface area contributed by atoms with Gasteiger partial charge in [0, 0.05) is 29.0 Å². The van der Waals surface area contributed by atoms with Crippen LogP contribution in [-0.2, 0) is 22.4 Å². The van der Waals surface area contributed by atoms with E-state index in [1.165, 1.54) is 14.2 Å². The van der Waals surface area contributed by atoms with Gasteiger partial charge < -0.3 is 14.2 Å². The number of carbonyl (C=O) groups is 2. The maximum Gasteiger partial charge on any atom is 0.337 e. The number of Topliss-reactive ketones (excluding diaryl/α,β-unsaturated/α-hetero) is 1. The van der Waals surface area contributed by atoms with Crippen molar-refractivity contribution in [2.75, 3.05) is 21.3 Å². The summed E-state index contributed by atoms with van der Waals surface area (Å²) in [7, 11) is 4.37. The van der Waals surface area contributed by atoms with Crippen LogP contribution >= 0.6 is 11.6 Å². The first-order valence-electron chi connectivity index (χ1n) is 7.57. The summed E-state index contributed by atoms with van der Waals surface area (Å²) in [5, 5.41) is 0.536. The number of carbonyl (C=O) groups excluding carboxylic acids is 2. The number of rotatable bonds is 7. The minimum Gasteiger partial charge on any atom is -0.496 e. The van der Waals surface area contributed by atoms with Crippen molar-refractivity contribution in [2.45, 2.75) is 12.8 Å². The van der Waals surface area contributed by atoms with Crippen LogP contribution in [0.15, 0.2) is 36.4 Å². The Balaban J connectivity index is 2.22. The molecule has 6 heteroatoms. The molecule has 0 unspecified atom stereocenters. The van der Waals surface area contributed by atoms with Crippen LogP contribution in [0.4, 0.5) is 0 Å². The van der Waals surface area contributed by atoms with E-state index in [4.69, 9.17) is 25.8 Å². The van der Waals surface area contributed by atoms with E-state index in [-0.39, 0.29) is 18.6 Å². The Hall–Kier alpha value is -2.53. The molecule has 0 spiro atoms. The van der Waals surface area contributed by atoms with E-state index < -0.39 is 5.97 Å². The third-order valence-electron chi connectivity index (χ3n) is 3.72. The van der Waals surface area contributed by atoms with Gasteiger partial charge in [-0.2, -0.15) is 0 Å². The predicted octanol–water partition coefficient (Wildman–Crippen LogP) is 3.50. The number of methoxy groups -OCH3 is 3. The van der Waals surface area contributed by atoms with Gasteiger partial charge in [-0.15, -0.1) is 0 Å². The van der Waals surface area contributed by atoms with E-state index in [0.717, 1.165) is 0 Å². The van der Waals surface area contributed by atoms with Gasteiger partial charge in [-0.05, 0) is 36.4 Å². The van der Waals surface area contributed by atoms with Crippen molar-refractivity contribution in [3.63, 3.8) is 0 Å². The Morgan fingerprint density at radius 2 is 1.44 bits per heavy atom. The summed E-state index contributed by atoms with van der Waals surface area (Å²) in [6, 6.07) is 9.99. The first-order valence-corrected chi connectivity index (χ1v) is 7.95. The lowest BCUT2D eigenvalue weighted by Gasteiger charge is -2.11. The maximum atomic E-state index is 12.5. The smallest absolute Gasteiger partial charge is 0.337 e. The fraction of sp³-hybridized carbons (Fsp3) is 0.263. The number of hydrogen-bond acceptors (Lipinski definition) is 5. The summed E-state index contributed by atoms with van der Waals surface area (Å²) in [6.07, 6.45) is 0.277. The molecule has 0 atom stereocenters. The van der Waals surface area contributed by atoms with Gasteiger partial charge in [-0.3, -0.25) is 4.79 Å². The van der Waals surface area contributed by atoms with Crippen LogP contribution in [0, 0.1) is 0 Å². The molecule has 0 bridgehead atoms. The van der Waals surface area contributed by atoms with Gasteiger partial charge in [-0.25, -0.2) is 4.79 Å². The molecule has 0 saturated heterocycles. The van der Waals surface area contributed by atoms with Crippen molar-refractivity contribution in [1.82, 2.24) is 0 Å². The number of benzene rings is 2. The molecule has 2 aromatic carbocycles. The van der Waals surface area contributed by atoms with Crippen molar-refractivity contribution in [3.8, 4) is 11.5 Å². The molecule has 0 heterocycles. The molecule has 0 aliphatic heterocycles. The van der Waals surface area contributed by atoms with E-state index in [0.29, 0.717) is 33.2 Å². The maximum absolute atomic E-state index is 12.5.